The van der Waals surface area contributed by atoms with E-state index in [0.717, 1.165) is 0 Å². The average molecular weight is 374 g/mol. The Labute approximate surface area is 154 Å². The molecule has 1 aromatic carbocycles. The Hall–Kier alpha value is -3.49. The Morgan fingerprint density at radius 2 is 2.00 bits per heavy atom. The van der Waals surface area contributed by atoms with Gasteiger partial charge in [0.1, 0.15) is 12.3 Å². The SMILES string of the molecule is C[C@H](NC(=O)COC(=O)CNC(=O)c1ccc2c(c1)OCO2)c1ccco1. The molecule has 9 heteroatoms. The van der Waals surface area contributed by atoms with Gasteiger partial charge in [-0.2, -0.15) is 0 Å². The molecule has 0 spiro atoms. The maximum atomic E-state index is 12.1. The lowest BCUT2D eigenvalue weighted by Gasteiger charge is -2.11. The maximum absolute atomic E-state index is 12.1. The highest BCUT2D eigenvalue weighted by Crippen LogP contribution is 2.32. The first-order valence-corrected chi connectivity index (χ1v) is 8.19. The van der Waals surface area contributed by atoms with Crippen LogP contribution >= 0.6 is 0 Å². The van der Waals surface area contributed by atoms with E-state index in [1.165, 1.54) is 12.3 Å². The van der Waals surface area contributed by atoms with Crippen LogP contribution in [0.3, 0.4) is 0 Å². The van der Waals surface area contributed by atoms with Gasteiger partial charge in [0.15, 0.2) is 18.1 Å². The van der Waals surface area contributed by atoms with Gasteiger partial charge in [-0.15, -0.1) is 0 Å². The van der Waals surface area contributed by atoms with E-state index in [4.69, 9.17) is 18.6 Å². The van der Waals surface area contributed by atoms with E-state index in [1.54, 1.807) is 31.2 Å². The van der Waals surface area contributed by atoms with Crippen LogP contribution in [0.5, 0.6) is 11.5 Å². The van der Waals surface area contributed by atoms with Crippen LogP contribution in [0.4, 0.5) is 0 Å². The van der Waals surface area contributed by atoms with Crippen molar-refractivity contribution in [2.75, 3.05) is 19.9 Å². The first-order chi connectivity index (χ1) is 13.0. The number of nitrogens with one attached hydrogen (secondary N) is 2. The molecule has 0 aliphatic carbocycles. The second kappa shape index (κ2) is 8.26. The fourth-order valence-electron chi connectivity index (χ4n) is 2.38. The van der Waals surface area contributed by atoms with E-state index in [9.17, 15) is 14.4 Å². The molecule has 0 saturated heterocycles. The molecule has 2 heterocycles. The van der Waals surface area contributed by atoms with Gasteiger partial charge in [-0.1, -0.05) is 0 Å². The number of hydrogen-bond acceptors (Lipinski definition) is 7. The topological polar surface area (TPSA) is 116 Å². The van der Waals surface area contributed by atoms with Gasteiger partial charge in [0.25, 0.3) is 11.8 Å². The van der Waals surface area contributed by atoms with Gasteiger partial charge in [0.05, 0.1) is 12.3 Å². The molecule has 9 nitrogen and oxygen atoms in total. The van der Waals surface area contributed by atoms with Crippen molar-refractivity contribution in [2.45, 2.75) is 13.0 Å². The molecule has 0 unspecified atom stereocenters. The summed E-state index contributed by atoms with van der Waals surface area (Å²) in [5.41, 5.74) is 0.317. The molecular formula is C18H18N2O7. The van der Waals surface area contributed by atoms with Crippen LogP contribution < -0.4 is 20.1 Å². The van der Waals surface area contributed by atoms with Gasteiger partial charge < -0.3 is 29.3 Å². The summed E-state index contributed by atoms with van der Waals surface area (Å²) in [6.07, 6.45) is 1.50. The summed E-state index contributed by atoms with van der Waals surface area (Å²) in [6.45, 7) is 1.02. The third kappa shape index (κ3) is 4.78. The van der Waals surface area contributed by atoms with Crippen LogP contribution in [0.2, 0.25) is 0 Å². The largest absolute Gasteiger partial charge is 0.467 e. The predicted molar refractivity (Wildman–Crippen MR) is 91.1 cm³/mol. The Balaban J connectivity index is 1.39. The van der Waals surface area contributed by atoms with Crippen molar-refractivity contribution >= 4 is 17.8 Å². The molecule has 27 heavy (non-hydrogen) atoms. The second-order valence-electron chi connectivity index (χ2n) is 5.72. The predicted octanol–water partition coefficient (Wildman–Crippen LogP) is 1.16. The van der Waals surface area contributed by atoms with Crippen molar-refractivity contribution in [3.05, 3.63) is 47.9 Å². The summed E-state index contributed by atoms with van der Waals surface area (Å²) >= 11 is 0. The summed E-state index contributed by atoms with van der Waals surface area (Å²) < 4.78 is 20.4. The van der Waals surface area contributed by atoms with Crippen LogP contribution in [0.25, 0.3) is 0 Å². The van der Waals surface area contributed by atoms with Crippen LogP contribution in [-0.2, 0) is 14.3 Å². The number of furan rings is 1. The van der Waals surface area contributed by atoms with Crippen LogP contribution in [0.15, 0.2) is 41.0 Å². The fourth-order valence-corrected chi connectivity index (χ4v) is 2.38. The van der Waals surface area contributed by atoms with Gasteiger partial charge >= 0.3 is 5.97 Å². The molecule has 3 rings (SSSR count). The average Bonchev–Trinajstić information content (AvgIpc) is 3.35. The zero-order valence-corrected chi connectivity index (χ0v) is 14.5. The Bertz CT molecular complexity index is 832. The van der Waals surface area contributed by atoms with Gasteiger partial charge in [-0.3, -0.25) is 14.4 Å². The Kier molecular flexibility index (Phi) is 5.60. The molecule has 0 bridgehead atoms. The third-order valence-electron chi connectivity index (χ3n) is 3.74. The standard InChI is InChI=1S/C18H18N2O7/c1-11(13-3-2-6-24-13)20-16(21)9-25-17(22)8-19-18(23)12-4-5-14-15(7-12)27-10-26-14/h2-7,11H,8-10H2,1H3,(H,19,23)(H,20,21)/t11-/m0/s1. The van der Waals surface area contributed by atoms with Gasteiger partial charge in [-0.05, 0) is 37.3 Å². The summed E-state index contributed by atoms with van der Waals surface area (Å²) in [6, 6.07) is 7.77. The molecular weight excluding hydrogens is 356 g/mol. The normalized spacial score (nSPS) is 12.9. The highest BCUT2D eigenvalue weighted by Gasteiger charge is 2.17. The molecule has 1 aromatic heterocycles. The van der Waals surface area contributed by atoms with Crippen LogP contribution in [0.1, 0.15) is 29.1 Å². The fraction of sp³-hybridized carbons (Fsp3) is 0.278. The first-order valence-electron chi connectivity index (χ1n) is 8.19. The number of rotatable bonds is 7. The maximum Gasteiger partial charge on any atom is 0.325 e. The molecule has 142 valence electrons. The van der Waals surface area contributed by atoms with Crippen molar-refractivity contribution in [1.29, 1.82) is 0 Å². The van der Waals surface area contributed by atoms with E-state index < -0.39 is 24.4 Å². The smallest absolute Gasteiger partial charge is 0.325 e. The molecule has 2 aromatic rings. The molecule has 2 N–H and O–H groups in total. The minimum absolute atomic E-state index is 0.104. The molecule has 2 amide bonds. The lowest BCUT2D eigenvalue weighted by molar-refractivity contribution is -0.147. The van der Waals surface area contributed by atoms with Crippen molar-refractivity contribution < 1.29 is 33.0 Å². The second-order valence-corrected chi connectivity index (χ2v) is 5.72. The number of benzene rings is 1. The quantitative estimate of drug-likeness (QED) is 0.699. The summed E-state index contributed by atoms with van der Waals surface area (Å²) in [5, 5.41) is 5.05. The number of carbonyl (C=O) groups excluding carboxylic acids is 3. The number of hydrogen-bond donors (Lipinski definition) is 2. The van der Waals surface area contributed by atoms with Crippen molar-refractivity contribution in [1.82, 2.24) is 10.6 Å². The number of carbonyl (C=O) groups is 3. The molecule has 0 fully saturated rings. The minimum Gasteiger partial charge on any atom is -0.467 e. The highest BCUT2D eigenvalue weighted by atomic mass is 16.7. The molecule has 0 radical (unpaired) electrons. The lowest BCUT2D eigenvalue weighted by atomic mass is 10.2. The Morgan fingerprint density at radius 1 is 1.19 bits per heavy atom. The van der Waals surface area contributed by atoms with E-state index in [1.807, 2.05) is 0 Å². The minimum atomic E-state index is -0.732. The van der Waals surface area contributed by atoms with Gasteiger partial charge in [-0.25, -0.2) is 0 Å². The van der Waals surface area contributed by atoms with E-state index in [0.29, 0.717) is 22.8 Å². The van der Waals surface area contributed by atoms with Gasteiger partial charge in [0, 0.05) is 5.56 Å². The number of esters is 1. The summed E-state index contributed by atoms with van der Waals surface area (Å²) in [4.78, 5) is 35.5. The molecule has 0 saturated carbocycles. The molecule has 1 aliphatic rings. The van der Waals surface area contributed by atoms with E-state index in [-0.39, 0.29) is 19.4 Å². The van der Waals surface area contributed by atoms with E-state index in [2.05, 4.69) is 10.6 Å². The molecule has 1 aliphatic heterocycles. The monoisotopic (exact) mass is 374 g/mol. The lowest BCUT2D eigenvalue weighted by Crippen LogP contribution is -2.34. The van der Waals surface area contributed by atoms with E-state index >= 15 is 0 Å². The van der Waals surface area contributed by atoms with Gasteiger partial charge in [0.2, 0.25) is 6.79 Å². The van der Waals surface area contributed by atoms with Crippen molar-refractivity contribution in [3.8, 4) is 11.5 Å². The molecule has 1 atom stereocenters. The zero-order chi connectivity index (χ0) is 19.2. The Morgan fingerprint density at radius 3 is 2.78 bits per heavy atom. The first kappa shape index (κ1) is 18.3. The van der Waals surface area contributed by atoms with Crippen LogP contribution in [-0.4, -0.2) is 37.7 Å². The zero-order valence-electron chi connectivity index (χ0n) is 14.5. The number of fused-ring (bicyclic) bond motifs is 1. The summed E-state index contributed by atoms with van der Waals surface area (Å²) in [7, 11) is 0. The van der Waals surface area contributed by atoms with Crippen molar-refractivity contribution in [3.63, 3.8) is 0 Å². The van der Waals surface area contributed by atoms with Crippen molar-refractivity contribution in [2.24, 2.45) is 0 Å². The van der Waals surface area contributed by atoms with Crippen LogP contribution in [0, 0.1) is 0 Å². The number of amides is 2. The highest BCUT2D eigenvalue weighted by molar-refractivity contribution is 5.96. The number of ether oxygens (including phenoxy) is 3. The third-order valence-corrected chi connectivity index (χ3v) is 3.74. The summed E-state index contributed by atoms with van der Waals surface area (Å²) in [5.74, 6) is -0.0700.